The van der Waals surface area contributed by atoms with E-state index in [4.69, 9.17) is 25.8 Å². The minimum atomic E-state index is -0.882. The van der Waals surface area contributed by atoms with E-state index in [0.29, 0.717) is 11.5 Å². The molecule has 0 bridgehead atoms. The summed E-state index contributed by atoms with van der Waals surface area (Å²) < 4.78 is 28.3. The SMILES string of the molecule is CC(=O)c1cc2c(cc1NC(=O)COC(=O)c1ccc(F)cc1Cl)OCO2. The highest BCUT2D eigenvalue weighted by Gasteiger charge is 2.21. The number of ether oxygens (including phenoxy) is 3. The second kappa shape index (κ2) is 7.63. The van der Waals surface area contributed by atoms with Gasteiger partial charge in [-0.25, -0.2) is 9.18 Å². The van der Waals surface area contributed by atoms with Gasteiger partial charge in [0.15, 0.2) is 23.9 Å². The van der Waals surface area contributed by atoms with Crippen LogP contribution in [-0.4, -0.2) is 31.1 Å². The van der Waals surface area contributed by atoms with E-state index in [9.17, 15) is 18.8 Å². The third-order valence-corrected chi connectivity index (χ3v) is 3.96. The number of ketones is 1. The summed E-state index contributed by atoms with van der Waals surface area (Å²) in [5.74, 6) is -1.68. The van der Waals surface area contributed by atoms with Gasteiger partial charge < -0.3 is 19.5 Å². The zero-order valence-corrected chi connectivity index (χ0v) is 14.8. The summed E-state index contributed by atoms with van der Waals surface area (Å²) in [7, 11) is 0. The van der Waals surface area contributed by atoms with Crippen LogP contribution in [0.2, 0.25) is 5.02 Å². The van der Waals surface area contributed by atoms with Crippen LogP contribution in [0.5, 0.6) is 11.5 Å². The van der Waals surface area contributed by atoms with Crippen molar-refractivity contribution >= 4 is 34.9 Å². The first-order valence-corrected chi connectivity index (χ1v) is 8.09. The molecule has 2 aromatic rings. The number of halogens is 2. The number of amides is 1. The minimum Gasteiger partial charge on any atom is -0.454 e. The number of carbonyl (C=O) groups excluding carboxylic acids is 3. The molecule has 0 atom stereocenters. The molecule has 0 saturated heterocycles. The van der Waals surface area contributed by atoms with Crippen LogP contribution < -0.4 is 14.8 Å². The molecule has 0 aromatic heterocycles. The van der Waals surface area contributed by atoms with Crippen LogP contribution in [0.4, 0.5) is 10.1 Å². The summed E-state index contributed by atoms with van der Waals surface area (Å²) in [6, 6.07) is 6.09. The first-order chi connectivity index (χ1) is 12.8. The largest absolute Gasteiger partial charge is 0.454 e. The Morgan fingerprint density at radius 3 is 2.52 bits per heavy atom. The van der Waals surface area contributed by atoms with E-state index in [2.05, 4.69) is 5.32 Å². The zero-order chi connectivity index (χ0) is 19.6. The molecule has 1 aliphatic heterocycles. The molecule has 0 fully saturated rings. The van der Waals surface area contributed by atoms with Crippen molar-refractivity contribution in [1.82, 2.24) is 0 Å². The lowest BCUT2D eigenvalue weighted by Gasteiger charge is -2.11. The van der Waals surface area contributed by atoms with Crippen LogP contribution >= 0.6 is 11.6 Å². The summed E-state index contributed by atoms with van der Waals surface area (Å²) in [6.45, 7) is 0.724. The maximum absolute atomic E-state index is 13.0. The van der Waals surface area contributed by atoms with E-state index in [0.717, 1.165) is 18.2 Å². The highest BCUT2D eigenvalue weighted by atomic mass is 35.5. The molecule has 1 heterocycles. The second-order valence-corrected chi connectivity index (χ2v) is 5.96. The molecule has 9 heteroatoms. The lowest BCUT2D eigenvalue weighted by Crippen LogP contribution is -2.22. The molecule has 27 heavy (non-hydrogen) atoms. The van der Waals surface area contributed by atoms with Crippen molar-refractivity contribution in [2.24, 2.45) is 0 Å². The van der Waals surface area contributed by atoms with Crippen LogP contribution in [0.25, 0.3) is 0 Å². The standard InChI is InChI=1S/C18H13ClFNO6/c1-9(22)12-5-15-16(27-8-26-15)6-14(12)21-17(23)7-25-18(24)11-3-2-10(20)4-13(11)19/h2-6H,7-8H2,1H3,(H,21,23). The monoisotopic (exact) mass is 393 g/mol. The van der Waals surface area contributed by atoms with Crippen molar-refractivity contribution in [3.05, 3.63) is 52.3 Å². The molecule has 7 nitrogen and oxygen atoms in total. The summed E-state index contributed by atoms with van der Waals surface area (Å²) >= 11 is 5.77. The fraction of sp³-hybridized carbons (Fsp3) is 0.167. The van der Waals surface area contributed by atoms with E-state index >= 15 is 0 Å². The molecule has 0 saturated carbocycles. The summed E-state index contributed by atoms with van der Waals surface area (Å²) in [5, 5.41) is 2.36. The number of anilines is 1. The van der Waals surface area contributed by atoms with Gasteiger partial charge in [-0.05, 0) is 31.2 Å². The number of hydrogen-bond acceptors (Lipinski definition) is 6. The number of esters is 1. The van der Waals surface area contributed by atoms with Gasteiger partial charge in [0.25, 0.3) is 5.91 Å². The van der Waals surface area contributed by atoms with E-state index in [-0.39, 0.29) is 34.4 Å². The average Bonchev–Trinajstić information content (AvgIpc) is 3.06. The first-order valence-electron chi connectivity index (χ1n) is 7.72. The van der Waals surface area contributed by atoms with Crippen LogP contribution in [0.3, 0.4) is 0 Å². The fourth-order valence-electron chi connectivity index (χ4n) is 2.39. The van der Waals surface area contributed by atoms with Gasteiger partial charge in [0, 0.05) is 11.6 Å². The molecular weight excluding hydrogens is 381 g/mol. The minimum absolute atomic E-state index is 0.0140. The molecular formula is C18H13ClFNO6. The Kier molecular flexibility index (Phi) is 5.27. The Morgan fingerprint density at radius 1 is 1.15 bits per heavy atom. The zero-order valence-electron chi connectivity index (χ0n) is 14.0. The third-order valence-electron chi connectivity index (χ3n) is 3.65. The van der Waals surface area contributed by atoms with Crippen LogP contribution in [0.1, 0.15) is 27.6 Å². The summed E-state index contributed by atoms with van der Waals surface area (Å²) in [5.41, 5.74) is 0.353. The molecule has 140 valence electrons. The predicted molar refractivity (Wildman–Crippen MR) is 92.9 cm³/mol. The number of rotatable bonds is 5. The molecule has 0 radical (unpaired) electrons. The predicted octanol–water partition coefficient (Wildman–Crippen LogP) is 3.21. The number of Topliss-reactive ketones (excluding diaryl/α,β-unsaturated/α-hetero) is 1. The van der Waals surface area contributed by atoms with Gasteiger partial charge >= 0.3 is 5.97 Å². The third kappa shape index (κ3) is 4.17. The van der Waals surface area contributed by atoms with Gasteiger partial charge in [-0.2, -0.15) is 0 Å². The Morgan fingerprint density at radius 2 is 1.85 bits per heavy atom. The molecule has 0 aliphatic carbocycles. The van der Waals surface area contributed by atoms with E-state index in [1.54, 1.807) is 0 Å². The summed E-state index contributed by atoms with van der Waals surface area (Å²) in [6.07, 6.45) is 0. The van der Waals surface area contributed by atoms with Crippen molar-refractivity contribution < 1.29 is 33.0 Å². The van der Waals surface area contributed by atoms with Crippen LogP contribution in [0, 0.1) is 5.82 Å². The molecule has 3 rings (SSSR count). The Labute approximate surface area is 158 Å². The topological polar surface area (TPSA) is 90.9 Å². The van der Waals surface area contributed by atoms with Crippen LogP contribution in [-0.2, 0) is 9.53 Å². The fourth-order valence-corrected chi connectivity index (χ4v) is 2.63. The normalized spacial score (nSPS) is 11.8. The van der Waals surface area contributed by atoms with Gasteiger partial charge in [0.2, 0.25) is 6.79 Å². The number of benzene rings is 2. The average molecular weight is 394 g/mol. The van der Waals surface area contributed by atoms with Gasteiger partial charge in [-0.15, -0.1) is 0 Å². The highest BCUT2D eigenvalue weighted by molar-refractivity contribution is 6.33. The number of fused-ring (bicyclic) bond motifs is 1. The number of hydrogen-bond donors (Lipinski definition) is 1. The van der Waals surface area contributed by atoms with Crippen molar-refractivity contribution in [1.29, 1.82) is 0 Å². The smallest absolute Gasteiger partial charge is 0.340 e. The van der Waals surface area contributed by atoms with Crippen molar-refractivity contribution in [3.8, 4) is 11.5 Å². The Balaban J connectivity index is 1.67. The maximum Gasteiger partial charge on any atom is 0.340 e. The summed E-state index contributed by atoms with van der Waals surface area (Å²) in [4.78, 5) is 35.8. The van der Waals surface area contributed by atoms with E-state index in [1.165, 1.54) is 19.1 Å². The quantitative estimate of drug-likeness (QED) is 0.619. The molecule has 0 unspecified atom stereocenters. The van der Waals surface area contributed by atoms with Crippen LogP contribution in [0.15, 0.2) is 30.3 Å². The maximum atomic E-state index is 13.0. The highest BCUT2D eigenvalue weighted by Crippen LogP contribution is 2.37. The molecule has 1 N–H and O–H groups in total. The lowest BCUT2D eigenvalue weighted by molar-refractivity contribution is -0.119. The lowest BCUT2D eigenvalue weighted by atomic mass is 10.1. The van der Waals surface area contributed by atoms with Crippen molar-refractivity contribution in [2.75, 3.05) is 18.7 Å². The van der Waals surface area contributed by atoms with Crippen molar-refractivity contribution in [3.63, 3.8) is 0 Å². The molecule has 1 aliphatic rings. The second-order valence-electron chi connectivity index (χ2n) is 5.56. The molecule has 1 amide bonds. The van der Waals surface area contributed by atoms with E-state index in [1.807, 2.05) is 0 Å². The van der Waals surface area contributed by atoms with Gasteiger partial charge in [0.1, 0.15) is 5.82 Å². The number of nitrogens with one attached hydrogen (secondary N) is 1. The molecule has 2 aromatic carbocycles. The Hall–Kier alpha value is -3.13. The van der Waals surface area contributed by atoms with E-state index < -0.39 is 24.3 Å². The molecule has 0 spiro atoms. The number of carbonyl (C=O) groups is 3. The van der Waals surface area contributed by atoms with Gasteiger partial charge in [-0.1, -0.05) is 11.6 Å². The Bertz CT molecular complexity index is 946. The first kappa shape index (κ1) is 18.7. The van der Waals surface area contributed by atoms with Crippen molar-refractivity contribution in [2.45, 2.75) is 6.92 Å². The van der Waals surface area contributed by atoms with Gasteiger partial charge in [0.05, 0.1) is 16.3 Å². The van der Waals surface area contributed by atoms with Gasteiger partial charge in [-0.3, -0.25) is 9.59 Å².